The van der Waals surface area contributed by atoms with Gasteiger partial charge in [0, 0.05) is 48.2 Å². The summed E-state index contributed by atoms with van der Waals surface area (Å²) in [5.74, 6) is 0.567. The first-order valence-electron chi connectivity index (χ1n) is 8.10. The molecular weight excluding hydrogens is 391 g/mol. The van der Waals surface area contributed by atoms with Gasteiger partial charge in [0.25, 0.3) is 11.6 Å². The Morgan fingerprint density at radius 2 is 1.67 bits per heavy atom. The van der Waals surface area contributed by atoms with E-state index in [2.05, 4.69) is 15.4 Å². The highest BCUT2D eigenvalue weighted by Gasteiger charge is 2.08. The summed E-state index contributed by atoms with van der Waals surface area (Å²) in [5, 5.41) is 14.5. The number of hydrogen-bond donors (Lipinski definition) is 1. The van der Waals surface area contributed by atoms with Crippen LogP contribution in [0.15, 0.2) is 53.6 Å². The number of nitro groups is 1. The second-order valence-corrected chi connectivity index (χ2v) is 6.22. The van der Waals surface area contributed by atoms with E-state index in [1.165, 1.54) is 30.5 Å². The maximum atomic E-state index is 12.0. The minimum absolute atomic E-state index is 0.0764. The molecule has 0 fully saturated rings. The molecule has 1 amide bonds. The summed E-state index contributed by atoms with van der Waals surface area (Å²) in [6.45, 7) is 1.40. The molecule has 0 spiro atoms. The van der Waals surface area contributed by atoms with Crippen LogP contribution >= 0.6 is 23.2 Å². The molecule has 0 aliphatic heterocycles. The normalized spacial score (nSPS) is 10.7. The second-order valence-electron chi connectivity index (χ2n) is 5.46. The molecule has 2 aromatic rings. The zero-order valence-electron chi connectivity index (χ0n) is 14.3. The van der Waals surface area contributed by atoms with Crippen LogP contribution in [0.1, 0.15) is 15.9 Å². The van der Waals surface area contributed by atoms with Gasteiger partial charge in [-0.1, -0.05) is 12.1 Å². The van der Waals surface area contributed by atoms with Crippen LogP contribution in [0.2, 0.25) is 0 Å². The van der Waals surface area contributed by atoms with Crippen molar-refractivity contribution in [3.05, 3.63) is 69.8 Å². The van der Waals surface area contributed by atoms with Gasteiger partial charge >= 0.3 is 0 Å². The van der Waals surface area contributed by atoms with E-state index < -0.39 is 10.8 Å². The number of hydrazone groups is 1. The minimum Gasteiger partial charge on any atom is -0.369 e. The first kappa shape index (κ1) is 20.7. The zero-order valence-corrected chi connectivity index (χ0v) is 15.9. The van der Waals surface area contributed by atoms with Crippen molar-refractivity contribution in [2.24, 2.45) is 5.10 Å². The van der Waals surface area contributed by atoms with Crippen molar-refractivity contribution >= 4 is 46.7 Å². The largest absolute Gasteiger partial charge is 0.369 e. The van der Waals surface area contributed by atoms with Gasteiger partial charge in [-0.2, -0.15) is 5.10 Å². The molecule has 0 radical (unpaired) electrons. The fraction of sp³-hybridized carbons (Fsp3) is 0.222. The molecule has 0 aliphatic rings. The molecule has 0 atom stereocenters. The Morgan fingerprint density at radius 3 is 2.19 bits per heavy atom. The summed E-state index contributed by atoms with van der Waals surface area (Å²) in [4.78, 5) is 24.1. The predicted molar refractivity (Wildman–Crippen MR) is 108 cm³/mol. The zero-order chi connectivity index (χ0) is 19.6. The topological polar surface area (TPSA) is 87.8 Å². The van der Waals surface area contributed by atoms with Crippen LogP contribution in [0, 0.1) is 10.1 Å². The van der Waals surface area contributed by atoms with Gasteiger partial charge < -0.3 is 4.90 Å². The smallest absolute Gasteiger partial charge is 0.271 e. The number of nitrogens with one attached hydrogen (secondary N) is 1. The molecule has 27 heavy (non-hydrogen) atoms. The highest BCUT2D eigenvalue weighted by molar-refractivity contribution is 6.18. The average Bonchev–Trinajstić information content (AvgIpc) is 2.68. The first-order chi connectivity index (χ1) is 13.0. The third-order valence-corrected chi connectivity index (χ3v) is 4.03. The molecule has 1 N–H and O–H groups in total. The van der Waals surface area contributed by atoms with Crippen molar-refractivity contribution in [2.75, 3.05) is 29.7 Å². The summed E-state index contributed by atoms with van der Waals surface area (Å²) in [6.07, 6.45) is 1.51. The lowest BCUT2D eigenvalue weighted by Gasteiger charge is -2.22. The van der Waals surface area contributed by atoms with Gasteiger partial charge in [0.15, 0.2) is 0 Å². The SMILES string of the molecule is O=C(N/N=C/c1ccc(N(CCCl)CCCl)cc1)c1ccc([N+](=O)[O-])cc1. The Labute approximate surface area is 166 Å². The quantitative estimate of drug-likeness (QED) is 0.297. The number of carbonyl (C=O) groups excluding carboxylic acids is 1. The molecule has 142 valence electrons. The van der Waals surface area contributed by atoms with Crippen LogP contribution in [0.25, 0.3) is 0 Å². The lowest BCUT2D eigenvalue weighted by Crippen LogP contribution is -2.27. The fourth-order valence-electron chi connectivity index (χ4n) is 2.31. The van der Waals surface area contributed by atoms with Crippen molar-refractivity contribution < 1.29 is 9.72 Å². The number of benzene rings is 2. The summed E-state index contributed by atoms with van der Waals surface area (Å²) >= 11 is 11.6. The molecule has 0 saturated heterocycles. The molecule has 0 aromatic heterocycles. The summed E-state index contributed by atoms with van der Waals surface area (Å²) < 4.78 is 0. The van der Waals surface area contributed by atoms with Gasteiger partial charge in [0.2, 0.25) is 0 Å². The van der Waals surface area contributed by atoms with Gasteiger partial charge in [-0.25, -0.2) is 5.43 Å². The lowest BCUT2D eigenvalue weighted by atomic mass is 10.2. The molecule has 9 heteroatoms. The van der Waals surface area contributed by atoms with Crippen LogP contribution in [0.5, 0.6) is 0 Å². The van der Waals surface area contributed by atoms with Crippen molar-refractivity contribution in [3.63, 3.8) is 0 Å². The van der Waals surface area contributed by atoms with Gasteiger partial charge in [-0.05, 0) is 29.8 Å². The molecule has 0 unspecified atom stereocenters. The van der Waals surface area contributed by atoms with Crippen molar-refractivity contribution in [3.8, 4) is 0 Å². The maximum Gasteiger partial charge on any atom is 0.271 e. The molecule has 0 aliphatic carbocycles. The van der Waals surface area contributed by atoms with E-state index >= 15 is 0 Å². The Hall–Kier alpha value is -2.64. The lowest BCUT2D eigenvalue weighted by molar-refractivity contribution is -0.384. The molecule has 2 aromatic carbocycles. The predicted octanol–water partition coefficient (Wildman–Crippen LogP) is 3.64. The number of amides is 1. The Balaban J connectivity index is 1.95. The Kier molecular flexibility index (Phi) is 8.03. The molecule has 0 saturated carbocycles. The standard InChI is InChI=1S/C18H18Cl2N4O3/c19-9-11-23(12-10-20)16-5-1-14(2-6-16)13-21-22-18(25)15-3-7-17(8-4-15)24(26)27/h1-8,13H,9-12H2,(H,22,25)/b21-13+. The van der Waals surface area contributed by atoms with Crippen molar-refractivity contribution in [1.29, 1.82) is 0 Å². The van der Waals surface area contributed by atoms with E-state index in [1.54, 1.807) is 0 Å². The number of alkyl halides is 2. The van der Waals surface area contributed by atoms with E-state index in [-0.39, 0.29) is 11.3 Å². The van der Waals surface area contributed by atoms with E-state index in [0.29, 0.717) is 24.8 Å². The number of nitro benzene ring substituents is 1. The van der Waals surface area contributed by atoms with E-state index in [1.807, 2.05) is 24.3 Å². The number of carbonyl (C=O) groups is 1. The van der Waals surface area contributed by atoms with Crippen LogP contribution in [0.3, 0.4) is 0 Å². The van der Waals surface area contributed by atoms with Crippen molar-refractivity contribution in [2.45, 2.75) is 0 Å². The number of halogens is 2. The number of non-ortho nitro benzene ring substituents is 1. The number of nitrogens with zero attached hydrogens (tertiary/aromatic N) is 3. The fourth-order valence-corrected chi connectivity index (χ4v) is 2.72. The van der Waals surface area contributed by atoms with Crippen molar-refractivity contribution in [1.82, 2.24) is 5.43 Å². The molecule has 0 bridgehead atoms. The number of hydrogen-bond acceptors (Lipinski definition) is 5. The van der Waals surface area contributed by atoms with Gasteiger partial charge in [0.1, 0.15) is 0 Å². The maximum absolute atomic E-state index is 12.0. The van der Waals surface area contributed by atoms with Crippen LogP contribution in [-0.4, -0.2) is 41.9 Å². The molecule has 2 rings (SSSR count). The highest BCUT2D eigenvalue weighted by Crippen LogP contribution is 2.15. The summed E-state index contributed by atoms with van der Waals surface area (Å²) in [5.41, 5.74) is 4.40. The first-order valence-corrected chi connectivity index (χ1v) is 9.17. The minimum atomic E-state index is -0.523. The third kappa shape index (κ3) is 6.23. The Bertz CT molecular complexity index is 789. The van der Waals surface area contributed by atoms with Gasteiger partial charge in [0.05, 0.1) is 11.1 Å². The molecular formula is C18H18Cl2N4O3. The third-order valence-electron chi connectivity index (χ3n) is 3.69. The van der Waals surface area contributed by atoms with Gasteiger partial charge in [-0.15, -0.1) is 23.2 Å². The number of rotatable bonds is 9. The number of anilines is 1. The van der Waals surface area contributed by atoms with Crippen LogP contribution in [-0.2, 0) is 0 Å². The van der Waals surface area contributed by atoms with Gasteiger partial charge in [-0.3, -0.25) is 14.9 Å². The van der Waals surface area contributed by atoms with Crippen LogP contribution < -0.4 is 10.3 Å². The molecule has 0 heterocycles. The average molecular weight is 409 g/mol. The second kappa shape index (κ2) is 10.5. The summed E-state index contributed by atoms with van der Waals surface area (Å²) in [6, 6.07) is 12.9. The van der Waals surface area contributed by atoms with Crippen LogP contribution in [0.4, 0.5) is 11.4 Å². The van der Waals surface area contributed by atoms with E-state index in [4.69, 9.17) is 23.2 Å². The monoisotopic (exact) mass is 408 g/mol. The van der Waals surface area contributed by atoms with E-state index in [9.17, 15) is 14.9 Å². The highest BCUT2D eigenvalue weighted by atomic mass is 35.5. The Morgan fingerprint density at radius 1 is 1.07 bits per heavy atom. The molecule has 7 nitrogen and oxygen atoms in total. The van der Waals surface area contributed by atoms with E-state index in [0.717, 1.165) is 11.3 Å². The summed E-state index contributed by atoms with van der Waals surface area (Å²) in [7, 11) is 0.